The van der Waals surface area contributed by atoms with Crippen LogP contribution in [0.2, 0.25) is 0 Å². The third-order valence-corrected chi connectivity index (χ3v) is 6.91. The lowest BCUT2D eigenvalue weighted by atomic mass is 9.88. The van der Waals surface area contributed by atoms with Gasteiger partial charge in [0.25, 0.3) is 0 Å². The molecule has 0 fully saturated rings. The number of nitrogens with one attached hydrogen (secondary N) is 1. The van der Waals surface area contributed by atoms with Crippen LogP contribution in [0.15, 0.2) is 109 Å². The van der Waals surface area contributed by atoms with Crippen molar-refractivity contribution < 1.29 is 22.7 Å². The van der Waals surface area contributed by atoms with E-state index in [1.54, 1.807) is 6.07 Å². The van der Waals surface area contributed by atoms with Gasteiger partial charge in [0.1, 0.15) is 11.5 Å². The average molecular weight is 543 g/mol. The van der Waals surface area contributed by atoms with Gasteiger partial charge in [-0.25, -0.2) is 0 Å². The average Bonchev–Trinajstić information content (AvgIpc) is 3.34. The van der Waals surface area contributed by atoms with E-state index in [-0.39, 0.29) is 24.8 Å². The van der Waals surface area contributed by atoms with Gasteiger partial charge < -0.3 is 14.6 Å². The van der Waals surface area contributed by atoms with Gasteiger partial charge in [-0.15, -0.1) is 0 Å². The maximum absolute atomic E-state index is 13.3. The normalized spacial score (nSPS) is 12.3. The molecule has 0 saturated carbocycles. The topological polar surface area (TPSA) is 43.3 Å². The van der Waals surface area contributed by atoms with Crippen molar-refractivity contribution >= 4 is 16.8 Å². The van der Waals surface area contributed by atoms with E-state index in [1.165, 1.54) is 6.07 Å². The van der Waals surface area contributed by atoms with Crippen molar-refractivity contribution in [3.63, 3.8) is 0 Å². The van der Waals surface area contributed by atoms with E-state index in [9.17, 15) is 18.0 Å². The summed E-state index contributed by atoms with van der Waals surface area (Å²) < 4.78 is 47.7. The second-order valence-corrected chi connectivity index (χ2v) is 9.61. The highest BCUT2D eigenvalue weighted by atomic mass is 19.4. The molecule has 204 valence electrons. The molecular formula is C33H29F3N2O2. The Balaban J connectivity index is 1.44. The summed E-state index contributed by atoms with van der Waals surface area (Å²) in [7, 11) is 0. The van der Waals surface area contributed by atoms with Crippen LogP contribution in [0.4, 0.5) is 13.2 Å². The Hall–Kier alpha value is -4.52. The number of carbonyl (C=O) groups excluding carboxylic acids is 1. The Morgan fingerprint density at radius 3 is 2.38 bits per heavy atom. The van der Waals surface area contributed by atoms with E-state index in [4.69, 9.17) is 4.74 Å². The number of carbonyl (C=O) groups is 1. The maximum atomic E-state index is 13.3. The van der Waals surface area contributed by atoms with Crippen LogP contribution >= 0.6 is 0 Å². The van der Waals surface area contributed by atoms with E-state index in [2.05, 4.69) is 35.1 Å². The molecule has 1 heterocycles. The Bertz CT molecular complexity index is 1610. The molecule has 0 spiro atoms. The van der Waals surface area contributed by atoms with Crippen molar-refractivity contribution in [3.8, 4) is 11.5 Å². The molecule has 1 N–H and O–H groups in total. The van der Waals surface area contributed by atoms with Gasteiger partial charge in [0.15, 0.2) is 0 Å². The van der Waals surface area contributed by atoms with Gasteiger partial charge in [-0.2, -0.15) is 13.2 Å². The SMILES string of the molecule is CCn1cc(C(CC(=O)NCc2cccc(C(F)(F)F)c2)c2cccc(Oc3ccccc3)c2)c2ccccc21. The predicted molar refractivity (Wildman–Crippen MR) is 150 cm³/mol. The van der Waals surface area contributed by atoms with Crippen LogP contribution in [-0.2, 0) is 24.1 Å². The third kappa shape index (κ3) is 6.20. The van der Waals surface area contributed by atoms with Gasteiger partial charge in [-0.1, -0.05) is 60.7 Å². The first-order valence-corrected chi connectivity index (χ1v) is 13.2. The fourth-order valence-corrected chi connectivity index (χ4v) is 4.96. The zero-order chi connectivity index (χ0) is 28.1. The highest BCUT2D eigenvalue weighted by molar-refractivity contribution is 5.86. The number of amides is 1. The number of alkyl halides is 3. The van der Waals surface area contributed by atoms with Crippen LogP contribution in [0.5, 0.6) is 11.5 Å². The second kappa shape index (κ2) is 11.7. The third-order valence-electron chi connectivity index (χ3n) is 6.91. The van der Waals surface area contributed by atoms with Crippen molar-refractivity contribution in [1.29, 1.82) is 0 Å². The molecular weight excluding hydrogens is 513 g/mol. The van der Waals surface area contributed by atoms with Crippen molar-refractivity contribution in [2.75, 3.05) is 0 Å². The van der Waals surface area contributed by atoms with Gasteiger partial charge in [-0.05, 0) is 66.1 Å². The van der Waals surface area contributed by atoms with Crippen LogP contribution < -0.4 is 10.1 Å². The summed E-state index contributed by atoms with van der Waals surface area (Å²) in [6, 6.07) is 30.2. The number of aromatic nitrogens is 1. The number of halogens is 3. The summed E-state index contributed by atoms with van der Waals surface area (Å²) >= 11 is 0. The minimum Gasteiger partial charge on any atom is -0.457 e. The summed E-state index contributed by atoms with van der Waals surface area (Å²) in [5.74, 6) is 0.790. The van der Waals surface area contributed by atoms with E-state index in [0.717, 1.165) is 40.7 Å². The van der Waals surface area contributed by atoms with Gasteiger partial charge in [0.05, 0.1) is 5.56 Å². The van der Waals surface area contributed by atoms with Crippen LogP contribution in [0.25, 0.3) is 10.9 Å². The van der Waals surface area contributed by atoms with Crippen molar-refractivity contribution in [2.24, 2.45) is 0 Å². The van der Waals surface area contributed by atoms with Crippen LogP contribution in [0.3, 0.4) is 0 Å². The molecule has 0 aliphatic heterocycles. The minimum absolute atomic E-state index is 0.00332. The smallest absolute Gasteiger partial charge is 0.416 e. The number of nitrogens with zero attached hydrogens (tertiary/aromatic N) is 1. The first kappa shape index (κ1) is 27.1. The van der Waals surface area contributed by atoms with Crippen LogP contribution in [0, 0.1) is 0 Å². The molecule has 1 aromatic heterocycles. The first-order valence-electron chi connectivity index (χ1n) is 13.2. The number of ether oxygens (including phenoxy) is 1. The molecule has 40 heavy (non-hydrogen) atoms. The monoisotopic (exact) mass is 542 g/mol. The maximum Gasteiger partial charge on any atom is 0.416 e. The molecule has 5 rings (SSSR count). The summed E-state index contributed by atoms with van der Waals surface area (Å²) in [4.78, 5) is 13.3. The standard InChI is InChI=1S/C33H29F3N2O2/c1-2-38-22-30(28-16-6-7-17-31(28)38)29(24-11-9-15-27(19-24)40-26-13-4-3-5-14-26)20-32(39)37-21-23-10-8-12-25(18-23)33(34,35)36/h3-19,22,29H,2,20-21H2,1H3,(H,37,39). The molecule has 4 aromatic carbocycles. The number of rotatable bonds is 9. The highest BCUT2D eigenvalue weighted by Crippen LogP contribution is 2.37. The quantitative estimate of drug-likeness (QED) is 0.204. The van der Waals surface area contributed by atoms with E-state index in [0.29, 0.717) is 17.1 Å². The lowest BCUT2D eigenvalue weighted by molar-refractivity contribution is -0.137. The number of hydrogen-bond acceptors (Lipinski definition) is 2. The van der Waals surface area contributed by atoms with E-state index < -0.39 is 11.7 Å². The molecule has 7 heteroatoms. The first-order chi connectivity index (χ1) is 19.3. The summed E-state index contributed by atoms with van der Waals surface area (Å²) in [6.07, 6.45) is -2.24. The molecule has 1 atom stereocenters. The highest BCUT2D eigenvalue weighted by Gasteiger charge is 2.30. The zero-order valence-corrected chi connectivity index (χ0v) is 22.0. The summed E-state index contributed by atoms with van der Waals surface area (Å²) in [6.45, 7) is 2.84. The van der Waals surface area contributed by atoms with Gasteiger partial charge in [-0.3, -0.25) is 4.79 Å². The second-order valence-electron chi connectivity index (χ2n) is 9.61. The number of benzene rings is 4. The van der Waals surface area contributed by atoms with Crippen molar-refractivity contribution in [1.82, 2.24) is 9.88 Å². The predicted octanol–water partition coefficient (Wildman–Crippen LogP) is 8.31. The van der Waals surface area contributed by atoms with Crippen molar-refractivity contribution in [2.45, 2.75) is 38.5 Å². The Kier molecular flexibility index (Phi) is 7.91. The van der Waals surface area contributed by atoms with Gasteiger partial charge >= 0.3 is 6.18 Å². The van der Waals surface area contributed by atoms with Crippen LogP contribution in [-0.4, -0.2) is 10.5 Å². The Morgan fingerprint density at radius 1 is 0.875 bits per heavy atom. The Morgan fingerprint density at radius 2 is 1.60 bits per heavy atom. The van der Waals surface area contributed by atoms with Gasteiger partial charge in [0, 0.05) is 42.5 Å². The molecule has 5 aromatic rings. The molecule has 1 unspecified atom stereocenters. The molecule has 1 amide bonds. The van der Waals surface area contributed by atoms with E-state index in [1.807, 2.05) is 66.7 Å². The number of hydrogen-bond donors (Lipinski definition) is 1. The molecule has 0 bridgehead atoms. The summed E-state index contributed by atoms with van der Waals surface area (Å²) in [5.41, 5.74) is 2.64. The lowest BCUT2D eigenvalue weighted by Crippen LogP contribution is -2.25. The van der Waals surface area contributed by atoms with Gasteiger partial charge in [0.2, 0.25) is 5.91 Å². The van der Waals surface area contributed by atoms with Crippen molar-refractivity contribution in [3.05, 3.63) is 132 Å². The number of para-hydroxylation sites is 2. The van der Waals surface area contributed by atoms with E-state index >= 15 is 0 Å². The summed E-state index contributed by atoms with van der Waals surface area (Å²) in [5, 5.41) is 3.88. The minimum atomic E-state index is -4.44. The fourth-order valence-electron chi connectivity index (χ4n) is 4.96. The molecule has 0 radical (unpaired) electrons. The molecule has 4 nitrogen and oxygen atoms in total. The number of fused-ring (bicyclic) bond motifs is 1. The number of aryl methyl sites for hydroxylation is 1. The largest absolute Gasteiger partial charge is 0.457 e. The Labute approximate surface area is 231 Å². The zero-order valence-electron chi connectivity index (χ0n) is 22.0. The van der Waals surface area contributed by atoms with Crippen LogP contribution in [0.1, 0.15) is 41.5 Å². The lowest BCUT2D eigenvalue weighted by Gasteiger charge is -2.19. The molecule has 0 aliphatic rings. The molecule has 0 aliphatic carbocycles. The molecule has 0 saturated heterocycles. The fraction of sp³-hybridized carbons (Fsp3) is 0.182.